The monoisotopic (exact) mass is 270 g/mol. The molecule has 2 rings (SSSR count). The van der Waals surface area contributed by atoms with Gasteiger partial charge in [-0.2, -0.15) is 0 Å². The average Bonchev–Trinajstić information content (AvgIpc) is 2.41. The van der Waals surface area contributed by atoms with E-state index in [2.05, 4.69) is 0 Å². The van der Waals surface area contributed by atoms with E-state index >= 15 is 0 Å². The SMILES string of the molecule is O=C(O)c1ccc([C@@]2(O)CO[C@H](O)[C@H](O)[C@H]2O)cc1. The first-order valence-corrected chi connectivity index (χ1v) is 5.58. The summed E-state index contributed by atoms with van der Waals surface area (Å²) in [5.41, 5.74) is -1.69. The van der Waals surface area contributed by atoms with Crippen molar-refractivity contribution in [2.24, 2.45) is 0 Å². The van der Waals surface area contributed by atoms with Crippen LogP contribution in [0.3, 0.4) is 0 Å². The van der Waals surface area contributed by atoms with Gasteiger partial charge in [-0.3, -0.25) is 0 Å². The Morgan fingerprint density at radius 1 is 1.21 bits per heavy atom. The van der Waals surface area contributed by atoms with Gasteiger partial charge in [0.15, 0.2) is 6.29 Å². The Morgan fingerprint density at radius 2 is 1.79 bits per heavy atom. The number of rotatable bonds is 2. The van der Waals surface area contributed by atoms with Crippen LogP contribution in [-0.4, -0.2) is 56.6 Å². The summed E-state index contributed by atoms with van der Waals surface area (Å²) in [6, 6.07) is 5.17. The van der Waals surface area contributed by atoms with Gasteiger partial charge in [0.05, 0.1) is 12.2 Å². The number of aliphatic hydroxyl groups excluding tert-OH is 3. The van der Waals surface area contributed by atoms with E-state index in [9.17, 15) is 25.2 Å². The summed E-state index contributed by atoms with van der Waals surface area (Å²) in [5.74, 6) is -1.12. The summed E-state index contributed by atoms with van der Waals surface area (Å²) in [6.07, 6.45) is -4.88. The molecule has 0 spiro atoms. The molecule has 0 saturated carbocycles. The zero-order chi connectivity index (χ0) is 14.2. The van der Waals surface area contributed by atoms with E-state index in [4.69, 9.17) is 9.84 Å². The van der Waals surface area contributed by atoms with Crippen molar-refractivity contribution in [1.82, 2.24) is 0 Å². The van der Waals surface area contributed by atoms with Gasteiger partial charge >= 0.3 is 5.97 Å². The highest BCUT2D eigenvalue weighted by molar-refractivity contribution is 5.87. The summed E-state index contributed by atoms with van der Waals surface area (Å²) in [5, 5.41) is 47.7. The lowest BCUT2D eigenvalue weighted by molar-refractivity contribution is -0.289. The van der Waals surface area contributed by atoms with Gasteiger partial charge in [0.25, 0.3) is 0 Å². The molecule has 1 aromatic carbocycles. The van der Waals surface area contributed by atoms with Crippen molar-refractivity contribution < 1.29 is 35.1 Å². The molecule has 0 amide bonds. The molecule has 19 heavy (non-hydrogen) atoms. The summed E-state index contributed by atoms with van der Waals surface area (Å²) in [4.78, 5) is 10.7. The fraction of sp³-hybridized carbons (Fsp3) is 0.417. The Morgan fingerprint density at radius 3 is 2.32 bits per heavy atom. The Bertz CT molecular complexity index is 471. The van der Waals surface area contributed by atoms with Gasteiger partial charge in [0.1, 0.15) is 17.8 Å². The molecule has 0 aromatic heterocycles. The van der Waals surface area contributed by atoms with Crippen LogP contribution < -0.4 is 0 Å². The van der Waals surface area contributed by atoms with E-state index in [1.54, 1.807) is 0 Å². The van der Waals surface area contributed by atoms with Gasteiger partial charge in [-0.25, -0.2) is 4.79 Å². The predicted molar refractivity (Wildman–Crippen MR) is 61.3 cm³/mol. The van der Waals surface area contributed by atoms with Crippen LogP contribution in [0.5, 0.6) is 0 Å². The number of hydrogen-bond acceptors (Lipinski definition) is 6. The topological polar surface area (TPSA) is 127 Å². The fourth-order valence-electron chi connectivity index (χ4n) is 1.99. The third kappa shape index (κ3) is 2.34. The molecule has 7 nitrogen and oxygen atoms in total. The lowest BCUT2D eigenvalue weighted by Gasteiger charge is -2.41. The smallest absolute Gasteiger partial charge is 0.335 e. The molecule has 0 bridgehead atoms. The molecule has 1 saturated heterocycles. The van der Waals surface area contributed by atoms with Crippen molar-refractivity contribution in [3.8, 4) is 0 Å². The molecule has 4 atom stereocenters. The lowest BCUT2D eigenvalue weighted by atomic mass is 9.84. The summed E-state index contributed by atoms with van der Waals surface area (Å²) >= 11 is 0. The van der Waals surface area contributed by atoms with Crippen LogP contribution in [0.2, 0.25) is 0 Å². The van der Waals surface area contributed by atoms with E-state index in [0.717, 1.165) is 0 Å². The second kappa shape index (κ2) is 4.87. The van der Waals surface area contributed by atoms with Crippen LogP contribution in [0.15, 0.2) is 24.3 Å². The maximum atomic E-state index is 10.7. The summed E-state index contributed by atoms with van der Waals surface area (Å²) < 4.78 is 4.79. The van der Waals surface area contributed by atoms with E-state index in [1.807, 2.05) is 0 Å². The quantitative estimate of drug-likeness (QED) is 0.449. The van der Waals surface area contributed by atoms with Crippen LogP contribution in [0.25, 0.3) is 0 Å². The van der Waals surface area contributed by atoms with Crippen molar-refractivity contribution in [1.29, 1.82) is 0 Å². The van der Waals surface area contributed by atoms with Gasteiger partial charge in [-0.1, -0.05) is 12.1 Å². The van der Waals surface area contributed by atoms with E-state index in [1.165, 1.54) is 24.3 Å². The molecule has 0 aliphatic carbocycles. The van der Waals surface area contributed by atoms with Crippen LogP contribution in [0.1, 0.15) is 15.9 Å². The van der Waals surface area contributed by atoms with Crippen molar-refractivity contribution in [2.45, 2.75) is 24.1 Å². The average molecular weight is 270 g/mol. The van der Waals surface area contributed by atoms with Crippen LogP contribution in [0.4, 0.5) is 0 Å². The molecule has 104 valence electrons. The van der Waals surface area contributed by atoms with Crippen LogP contribution in [0, 0.1) is 0 Å². The highest BCUT2D eigenvalue weighted by atomic mass is 16.6. The minimum atomic E-state index is -1.91. The fourth-order valence-corrected chi connectivity index (χ4v) is 1.99. The van der Waals surface area contributed by atoms with Gasteiger partial charge in [0.2, 0.25) is 0 Å². The Kier molecular flexibility index (Phi) is 3.57. The molecule has 0 radical (unpaired) electrons. The number of benzene rings is 1. The number of hydrogen-bond donors (Lipinski definition) is 5. The molecule has 0 unspecified atom stereocenters. The van der Waals surface area contributed by atoms with E-state index in [-0.39, 0.29) is 11.1 Å². The third-order valence-electron chi connectivity index (χ3n) is 3.21. The van der Waals surface area contributed by atoms with E-state index in [0.29, 0.717) is 0 Å². The maximum absolute atomic E-state index is 10.7. The summed E-state index contributed by atoms with van der Waals surface area (Å²) in [7, 11) is 0. The number of ether oxygens (including phenoxy) is 1. The Labute approximate surface area is 108 Å². The van der Waals surface area contributed by atoms with Gasteiger partial charge < -0.3 is 30.3 Å². The predicted octanol–water partition coefficient (Wildman–Crippen LogP) is -1.36. The minimum absolute atomic E-state index is 0.0270. The standard InChI is InChI=1S/C12H14O7/c13-8-9(14)12(18,5-19-11(8)17)7-3-1-6(2-4-7)10(15)16/h1-4,8-9,11,13-14,17-18H,5H2,(H,15,16)/t8-,9-,11+,12+/m1/s1. The molecule has 1 heterocycles. The first kappa shape index (κ1) is 13.9. The number of carboxylic acid groups (broad SMARTS) is 1. The number of aliphatic hydroxyl groups is 4. The normalized spacial score (nSPS) is 35.1. The third-order valence-corrected chi connectivity index (χ3v) is 3.21. The van der Waals surface area contributed by atoms with Crippen molar-refractivity contribution in [3.05, 3.63) is 35.4 Å². The second-order valence-corrected chi connectivity index (χ2v) is 4.44. The van der Waals surface area contributed by atoms with Crippen molar-refractivity contribution in [3.63, 3.8) is 0 Å². The molecule has 1 fully saturated rings. The Hall–Kier alpha value is -1.51. The highest BCUT2D eigenvalue weighted by Crippen LogP contribution is 2.32. The van der Waals surface area contributed by atoms with Crippen molar-refractivity contribution in [2.75, 3.05) is 6.61 Å². The van der Waals surface area contributed by atoms with Crippen molar-refractivity contribution >= 4 is 5.97 Å². The zero-order valence-corrected chi connectivity index (χ0v) is 9.80. The molecular weight excluding hydrogens is 256 g/mol. The molecule has 1 aromatic rings. The maximum Gasteiger partial charge on any atom is 0.335 e. The Balaban J connectivity index is 2.31. The second-order valence-electron chi connectivity index (χ2n) is 4.44. The largest absolute Gasteiger partial charge is 0.478 e. The molecule has 7 heteroatoms. The molecule has 1 aliphatic rings. The number of carboxylic acids is 1. The molecule has 1 aliphatic heterocycles. The van der Waals surface area contributed by atoms with Gasteiger partial charge in [0, 0.05) is 0 Å². The van der Waals surface area contributed by atoms with Crippen LogP contribution >= 0.6 is 0 Å². The first-order chi connectivity index (χ1) is 8.86. The summed E-state index contributed by atoms with van der Waals surface area (Å²) in [6.45, 7) is -0.418. The lowest BCUT2D eigenvalue weighted by Crippen LogP contribution is -2.59. The zero-order valence-electron chi connectivity index (χ0n) is 9.80. The minimum Gasteiger partial charge on any atom is -0.478 e. The highest BCUT2D eigenvalue weighted by Gasteiger charge is 2.49. The number of carbonyl (C=O) groups is 1. The van der Waals surface area contributed by atoms with Crippen LogP contribution in [-0.2, 0) is 10.3 Å². The number of aromatic carboxylic acids is 1. The van der Waals surface area contributed by atoms with E-state index < -0.39 is 36.7 Å². The van der Waals surface area contributed by atoms with Gasteiger partial charge in [-0.05, 0) is 17.7 Å². The molecule has 5 N–H and O–H groups in total. The van der Waals surface area contributed by atoms with Gasteiger partial charge in [-0.15, -0.1) is 0 Å². The molecular formula is C12H14O7. The first-order valence-electron chi connectivity index (χ1n) is 5.58.